The van der Waals surface area contributed by atoms with Crippen molar-refractivity contribution in [3.8, 4) is 0 Å². The third-order valence-electron chi connectivity index (χ3n) is 9.79. The molecule has 1 aliphatic rings. The van der Waals surface area contributed by atoms with Crippen LogP contribution in [-0.4, -0.2) is 18.5 Å². The summed E-state index contributed by atoms with van der Waals surface area (Å²) < 4.78 is 26.6. The Balaban J connectivity index is 0.000000909. The lowest BCUT2D eigenvalue weighted by atomic mass is 10.0. The molecule has 0 radical (unpaired) electrons. The van der Waals surface area contributed by atoms with Crippen molar-refractivity contribution in [1.29, 1.82) is 0 Å². The van der Waals surface area contributed by atoms with Gasteiger partial charge in [-0.3, -0.25) is 4.79 Å². The van der Waals surface area contributed by atoms with Crippen molar-refractivity contribution in [2.45, 2.75) is 226 Å². The first-order valence-electron chi connectivity index (χ1n) is 20.6. The van der Waals surface area contributed by atoms with Crippen LogP contribution in [0.4, 0.5) is 8.78 Å². The number of carbonyl (C=O) groups excluding carboxylic acids is 1. The average molecular weight is 667 g/mol. The number of nitrogens with two attached hydrogens (primary N) is 1. The second-order valence-electron chi connectivity index (χ2n) is 14.6. The van der Waals surface area contributed by atoms with Crippen LogP contribution in [-0.2, 0) is 4.79 Å². The van der Waals surface area contributed by atoms with E-state index in [0.717, 1.165) is 31.6 Å². The van der Waals surface area contributed by atoms with Gasteiger partial charge in [0.2, 0.25) is 0 Å². The van der Waals surface area contributed by atoms with Crippen LogP contribution in [0.3, 0.4) is 0 Å². The third kappa shape index (κ3) is 34.4. The molecule has 0 spiro atoms. The smallest absolute Gasteiger partial charge is 0.277 e. The molecule has 0 aromatic rings. The van der Waals surface area contributed by atoms with Crippen molar-refractivity contribution in [3.05, 3.63) is 23.8 Å². The summed E-state index contributed by atoms with van der Waals surface area (Å²) in [6.45, 7) is 7.27. The van der Waals surface area contributed by atoms with Crippen molar-refractivity contribution < 1.29 is 13.6 Å². The number of unbranched alkanes of at least 4 members (excludes halogenated alkanes) is 26. The fraction of sp³-hybridized carbons (Fsp3) is 0.881. The second-order valence-corrected chi connectivity index (χ2v) is 14.6. The number of hydrogen-bond donors (Lipinski definition) is 2. The third-order valence-corrected chi connectivity index (χ3v) is 9.79. The molecule has 3 nitrogen and oxygen atoms in total. The van der Waals surface area contributed by atoms with Crippen LogP contribution < -0.4 is 11.1 Å². The van der Waals surface area contributed by atoms with Crippen molar-refractivity contribution in [2.24, 2.45) is 11.7 Å². The van der Waals surface area contributed by atoms with Gasteiger partial charge in [0.05, 0.1) is 0 Å². The standard InChI is InChI=1S/C23H44FN.C19H36FNO/c1-3-4-5-6-7-8-9-10-11-12-13-14-15-16-22(24)20-25-23-18-17-21(2)19-23;1-2-3-4-5-6-7-8-9-10-11-12-13-14-15-16-17-18(20)19(21)22/h16,21,23,25H,3-15,17-20H2,1-2H3;17H,2-16H2,1H3,(H2,21,22)/b22-16-;18-17+/t21-,23+;/m0./s1. The van der Waals surface area contributed by atoms with Gasteiger partial charge < -0.3 is 11.1 Å². The minimum atomic E-state index is -0.953. The number of rotatable bonds is 32. The molecule has 2 atom stereocenters. The molecule has 0 bridgehead atoms. The fourth-order valence-electron chi connectivity index (χ4n) is 6.62. The highest BCUT2D eigenvalue weighted by Crippen LogP contribution is 2.24. The summed E-state index contributed by atoms with van der Waals surface area (Å²) >= 11 is 0. The quantitative estimate of drug-likeness (QED) is 0.0554. The van der Waals surface area contributed by atoms with Crippen molar-refractivity contribution >= 4 is 5.91 Å². The van der Waals surface area contributed by atoms with Gasteiger partial charge in [0.1, 0.15) is 5.83 Å². The maximum Gasteiger partial charge on any atom is 0.277 e. The van der Waals surface area contributed by atoms with Crippen LogP contribution in [0.1, 0.15) is 220 Å². The molecular formula is C42H80F2N2O. The SMILES string of the molecule is CCCCCCCCCCCCCC/C=C(\F)CN[C@@H]1CC[C@H](C)C1.CCCCCCCCCCCCCCCC/C=C(/F)C(N)=O. The lowest BCUT2D eigenvalue weighted by Gasteiger charge is -2.10. The Labute approximate surface area is 292 Å². The van der Waals surface area contributed by atoms with Crippen molar-refractivity contribution in [2.75, 3.05) is 6.54 Å². The Morgan fingerprint density at radius 3 is 1.30 bits per heavy atom. The monoisotopic (exact) mass is 667 g/mol. The van der Waals surface area contributed by atoms with E-state index in [2.05, 4.69) is 26.1 Å². The molecule has 1 fully saturated rings. The summed E-state index contributed by atoms with van der Waals surface area (Å²) in [4.78, 5) is 10.5. The van der Waals surface area contributed by atoms with E-state index in [-0.39, 0.29) is 5.83 Å². The van der Waals surface area contributed by atoms with Gasteiger partial charge in [0, 0.05) is 12.6 Å². The molecule has 0 heterocycles. The maximum absolute atomic E-state index is 13.8. The Morgan fingerprint density at radius 1 is 0.596 bits per heavy atom. The number of carbonyl (C=O) groups is 1. The average Bonchev–Trinajstić information content (AvgIpc) is 3.49. The van der Waals surface area contributed by atoms with Gasteiger partial charge in [-0.15, -0.1) is 0 Å². The number of halogens is 2. The number of primary amides is 1. The Hall–Kier alpha value is -1.23. The summed E-state index contributed by atoms with van der Waals surface area (Å²) in [5, 5.41) is 3.37. The predicted octanol–water partition coefficient (Wildman–Crippen LogP) is 13.9. The Bertz CT molecular complexity index is 738. The molecule has 5 heteroatoms. The Kier molecular flexibility index (Phi) is 35.1. The zero-order valence-electron chi connectivity index (χ0n) is 31.7. The fourth-order valence-corrected chi connectivity index (χ4v) is 6.62. The predicted molar refractivity (Wildman–Crippen MR) is 203 cm³/mol. The first-order chi connectivity index (χ1) is 22.9. The summed E-state index contributed by atoms with van der Waals surface area (Å²) in [5.41, 5.74) is 4.81. The van der Waals surface area contributed by atoms with E-state index in [4.69, 9.17) is 5.73 Å². The van der Waals surface area contributed by atoms with Crippen molar-refractivity contribution in [1.82, 2.24) is 5.32 Å². The normalized spacial score (nSPS) is 16.8. The summed E-state index contributed by atoms with van der Waals surface area (Å²) in [7, 11) is 0. The molecule has 47 heavy (non-hydrogen) atoms. The second kappa shape index (κ2) is 36.1. The molecule has 0 saturated heterocycles. The van der Waals surface area contributed by atoms with Gasteiger partial charge in [-0.05, 0) is 56.9 Å². The zero-order chi connectivity index (χ0) is 34.6. The number of amides is 1. The van der Waals surface area contributed by atoms with E-state index in [1.54, 1.807) is 0 Å². The Morgan fingerprint density at radius 2 is 0.957 bits per heavy atom. The molecule has 0 aromatic carbocycles. The van der Waals surface area contributed by atoms with E-state index in [1.807, 2.05) is 6.08 Å². The molecule has 0 unspecified atom stereocenters. The lowest BCUT2D eigenvalue weighted by molar-refractivity contribution is -0.115. The summed E-state index contributed by atoms with van der Waals surface area (Å²) in [6, 6.07) is 0.542. The van der Waals surface area contributed by atoms with Gasteiger partial charge in [-0.1, -0.05) is 181 Å². The highest BCUT2D eigenvalue weighted by molar-refractivity contribution is 5.89. The van der Waals surface area contributed by atoms with Crippen LogP contribution in [0.15, 0.2) is 23.8 Å². The van der Waals surface area contributed by atoms with E-state index in [0.29, 0.717) is 19.0 Å². The summed E-state index contributed by atoms with van der Waals surface area (Å²) in [5.74, 6) is -0.895. The summed E-state index contributed by atoms with van der Waals surface area (Å²) in [6.07, 6.45) is 43.1. The van der Waals surface area contributed by atoms with E-state index < -0.39 is 11.7 Å². The molecular weight excluding hydrogens is 586 g/mol. The molecule has 3 N–H and O–H groups in total. The van der Waals surface area contributed by atoms with Crippen LogP contribution in [0.5, 0.6) is 0 Å². The number of allylic oxidation sites excluding steroid dienone is 2. The van der Waals surface area contributed by atoms with Crippen LogP contribution in [0, 0.1) is 5.92 Å². The van der Waals surface area contributed by atoms with Crippen molar-refractivity contribution in [3.63, 3.8) is 0 Å². The van der Waals surface area contributed by atoms with Gasteiger partial charge in [0.25, 0.3) is 5.91 Å². The van der Waals surface area contributed by atoms with Crippen LogP contribution in [0.25, 0.3) is 0 Å². The largest absolute Gasteiger partial charge is 0.364 e. The first kappa shape index (κ1) is 45.8. The minimum absolute atomic E-state index is 0.0441. The van der Waals surface area contributed by atoms with E-state index in [1.165, 1.54) is 173 Å². The molecule has 1 aliphatic carbocycles. The molecule has 1 saturated carbocycles. The highest BCUT2D eigenvalue weighted by atomic mass is 19.1. The molecule has 0 aromatic heterocycles. The molecule has 278 valence electrons. The highest BCUT2D eigenvalue weighted by Gasteiger charge is 2.20. The molecule has 1 rings (SSSR count). The van der Waals surface area contributed by atoms with Gasteiger partial charge in [-0.25, -0.2) is 8.78 Å². The molecule has 0 aliphatic heterocycles. The van der Waals surface area contributed by atoms with Crippen LogP contribution in [0.2, 0.25) is 0 Å². The van der Waals surface area contributed by atoms with Gasteiger partial charge >= 0.3 is 0 Å². The first-order valence-corrected chi connectivity index (χ1v) is 20.6. The number of nitrogens with one attached hydrogen (secondary N) is 1. The van der Waals surface area contributed by atoms with Gasteiger partial charge in [0.15, 0.2) is 5.83 Å². The molecule has 1 amide bonds. The maximum atomic E-state index is 13.8. The topological polar surface area (TPSA) is 55.1 Å². The number of hydrogen-bond acceptors (Lipinski definition) is 2. The van der Waals surface area contributed by atoms with Crippen LogP contribution >= 0.6 is 0 Å². The van der Waals surface area contributed by atoms with E-state index >= 15 is 0 Å². The van der Waals surface area contributed by atoms with E-state index in [9.17, 15) is 13.6 Å². The lowest BCUT2D eigenvalue weighted by Crippen LogP contribution is -2.27. The minimum Gasteiger partial charge on any atom is -0.364 e. The van der Waals surface area contributed by atoms with Gasteiger partial charge in [-0.2, -0.15) is 0 Å². The zero-order valence-corrected chi connectivity index (χ0v) is 31.7.